The summed E-state index contributed by atoms with van der Waals surface area (Å²) in [6.45, 7) is 2.67. The first-order chi connectivity index (χ1) is 9.58. The smallest absolute Gasteiger partial charge is 0.261 e. The molecule has 0 aromatic carbocycles. The van der Waals surface area contributed by atoms with Gasteiger partial charge in [0.05, 0.1) is 11.0 Å². The van der Waals surface area contributed by atoms with Gasteiger partial charge in [-0.05, 0) is 44.2 Å². The van der Waals surface area contributed by atoms with Gasteiger partial charge in [0.15, 0.2) is 0 Å². The van der Waals surface area contributed by atoms with Crippen LogP contribution in [0.5, 0.6) is 0 Å². The fourth-order valence-electron chi connectivity index (χ4n) is 2.93. The number of carbonyl (C=O) groups excluding carboxylic acids is 1. The first-order valence-electron chi connectivity index (χ1n) is 7.32. The summed E-state index contributed by atoms with van der Waals surface area (Å²) < 4.78 is 5.37. The van der Waals surface area contributed by atoms with Gasteiger partial charge >= 0.3 is 0 Å². The van der Waals surface area contributed by atoms with Gasteiger partial charge in [0.1, 0.15) is 5.60 Å². The molecule has 5 heteroatoms. The third kappa shape index (κ3) is 2.62. The van der Waals surface area contributed by atoms with Crippen molar-refractivity contribution >= 4 is 17.2 Å². The van der Waals surface area contributed by atoms with Gasteiger partial charge in [-0.2, -0.15) is 0 Å². The molecule has 2 unspecified atom stereocenters. The molecule has 1 aromatic heterocycles. The Labute approximate surface area is 123 Å². The van der Waals surface area contributed by atoms with Crippen molar-refractivity contribution in [2.45, 2.75) is 50.7 Å². The summed E-state index contributed by atoms with van der Waals surface area (Å²) in [6, 6.07) is 2.02. The number of hydrogen-bond donors (Lipinski definition) is 2. The minimum atomic E-state index is -0.924. The number of hydrogen-bond acceptors (Lipinski definition) is 4. The topological polar surface area (TPSA) is 58.6 Å². The number of thiophene rings is 1. The lowest BCUT2D eigenvalue weighted by Crippen LogP contribution is -2.47. The van der Waals surface area contributed by atoms with Crippen molar-refractivity contribution in [2.24, 2.45) is 0 Å². The van der Waals surface area contributed by atoms with E-state index < -0.39 is 5.60 Å². The number of fused-ring (bicyclic) bond motifs is 1. The molecule has 20 heavy (non-hydrogen) atoms. The molecule has 1 aliphatic carbocycles. The lowest BCUT2D eigenvalue weighted by atomic mass is 9.96. The van der Waals surface area contributed by atoms with Gasteiger partial charge in [-0.25, -0.2) is 0 Å². The van der Waals surface area contributed by atoms with Gasteiger partial charge in [0, 0.05) is 24.4 Å². The molecule has 0 saturated carbocycles. The Balaban J connectivity index is 1.63. The van der Waals surface area contributed by atoms with E-state index in [-0.39, 0.29) is 18.6 Å². The number of nitrogens with one attached hydrogen (secondary N) is 1. The molecule has 2 aliphatic rings. The van der Waals surface area contributed by atoms with Gasteiger partial charge < -0.3 is 15.2 Å². The van der Waals surface area contributed by atoms with E-state index in [1.54, 1.807) is 11.3 Å². The van der Waals surface area contributed by atoms with Gasteiger partial charge in [0.2, 0.25) is 0 Å². The first kappa shape index (κ1) is 14.0. The Morgan fingerprint density at radius 2 is 2.35 bits per heavy atom. The zero-order valence-corrected chi connectivity index (χ0v) is 12.6. The molecular formula is C15H21NO3S. The molecule has 0 bridgehead atoms. The van der Waals surface area contributed by atoms with Crippen LogP contribution in [0.25, 0.3) is 0 Å². The Kier molecular flexibility index (Phi) is 3.84. The standard InChI is InChI=1S/C15H21NO3S/c1-10-15(18,6-7-19-10)9-16-14(17)13-8-11-4-2-3-5-12(11)20-13/h8,10,18H,2-7,9H2,1H3,(H,16,17). The van der Waals surface area contributed by atoms with Crippen LogP contribution in [0.2, 0.25) is 0 Å². The van der Waals surface area contributed by atoms with E-state index in [0.29, 0.717) is 13.0 Å². The Morgan fingerprint density at radius 3 is 3.05 bits per heavy atom. The summed E-state index contributed by atoms with van der Waals surface area (Å²) in [5.74, 6) is -0.0723. The summed E-state index contributed by atoms with van der Waals surface area (Å²) in [6.07, 6.45) is 4.99. The Bertz CT molecular complexity index is 490. The predicted octanol–water partition coefficient (Wildman–Crippen LogP) is 1.90. The van der Waals surface area contributed by atoms with Crippen molar-refractivity contribution in [1.29, 1.82) is 0 Å². The van der Waals surface area contributed by atoms with Crippen LogP contribution < -0.4 is 5.32 Å². The van der Waals surface area contributed by atoms with Gasteiger partial charge in [-0.15, -0.1) is 11.3 Å². The van der Waals surface area contributed by atoms with E-state index in [0.717, 1.165) is 17.7 Å². The van der Waals surface area contributed by atoms with E-state index in [9.17, 15) is 9.90 Å². The van der Waals surface area contributed by atoms with Crippen LogP contribution in [0.15, 0.2) is 6.07 Å². The average molecular weight is 295 g/mol. The maximum atomic E-state index is 12.2. The maximum absolute atomic E-state index is 12.2. The zero-order valence-electron chi connectivity index (χ0n) is 11.8. The first-order valence-corrected chi connectivity index (χ1v) is 8.14. The maximum Gasteiger partial charge on any atom is 0.261 e. The number of ether oxygens (including phenoxy) is 1. The highest BCUT2D eigenvalue weighted by Crippen LogP contribution is 2.30. The lowest BCUT2D eigenvalue weighted by molar-refractivity contribution is -0.0251. The molecule has 0 spiro atoms. The van der Waals surface area contributed by atoms with E-state index >= 15 is 0 Å². The highest BCUT2D eigenvalue weighted by Gasteiger charge is 2.39. The molecule has 1 aliphatic heterocycles. The van der Waals surface area contributed by atoms with Crippen LogP contribution >= 0.6 is 11.3 Å². The molecule has 110 valence electrons. The second kappa shape index (κ2) is 5.47. The molecule has 1 amide bonds. The molecule has 3 rings (SSSR count). The molecule has 0 radical (unpaired) electrons. The summed E-state index contributed by atoms with van der Waals surface area (Å²) in [4.78, 5) is 14.3. The molecule has 4 nitrogen and oxygen atoms in total. The minimum Gasteiger partial charge on any atom is -0.385 e. The second-order valence-corrected chi connectivity index (χ2v) is 6.95. The summed E-state index contributed by atoms with van der Waals surface area (Å²) >= 11 is 1.60. The Hall–Kier alpha value is -0.910. The van der Waals surface area contributed by atoms with Crippen molar-refractivity contribution in [2.75, 3.05) is 13.2 Å². The largest absolute Gasteiger partial charge is 0.385 e. The molecule has 2 N–H and O–H groups in total. The highest BCUT2D eigenvalue weighted by atomic mass is 32.1. The van der Waals surface area contributed by atoms with Gasteiger partial charge in [-0.3, -0.25) is 4.79 Å². The van der Waals surface area contributed by atoms with Gasteiger partial charge in [-0.1, -0.05) is 0 Å². The third-order valence-electron chi connectivity index (χ3n) is 4.43. The number of amides is 1. The summed E-state index contributed by atoms with van der Waals surface area (Å²) in [7, 11) is 0. The van der Waals surface area contributed by atoms with Crippen LogP contribution in [0.4, 0.5) is 0 Å². The lowest BCUT2D eigenvalue weighted by Gasteiger charge is -2.25. The minimum absolute atomic E-state index is 0.0723. The third-order valence-corrected chi connectivity index (χ3v) is 5.67. The SMILES string of the molecule is CC1OCCC1(O)CNC(=O)c1cc2c(s1)CCCC2. The van der Waals surface area contributed by atoms with Crippen LogP contribution in [-0.2, 0) is 17.6 Å². The van der Waals surface area contributed by atoms with Crippen LogP contribution in [0, 0.1) is 0 Å². The van der Waals surface area contributed by atoms with E-state index in [1.165, 1.54) is 23.3 Å². The second-order valence-electron chi connectivity index (χ2n) is 5.82. The highest BCUT2D eigenvalue weighted by molar-refractivity contribution is 7.14. The summed E-state index contributed by atoms with van der Waals surface area (Å²) in [5, 5.41) is 13.2. The average Bonchev–Trinajstić information content (AvgIpc) is 3.01. The van der Waals surface area contributed by atoms with Crippen LogP contribution in [0.3, 0.4) is 0 Å². The van der Waals surface area contributed by atoms with Crippen molar-refractivity contribution in [3.05, 3.63) is 21.4 Å². The van der Waals surface area contributed by atoms with Crippen LogP contribution in [-0.4, -0.2) is 35.9 Å². The number of aryl methyl sites for hydroxylation is 2. The molecule has 1 fully saturated rings. The van der Waals surface area contributed by atoms with E-state index in [1.807, 2.05) is 13.0 Å². The zero-order chi connectivity index (χ0) is 14.2. The number of aliphatic hydroxyl groups is 1. The van der Waals surface area contributed by atoms with Crippen LogP contribution in [0.1, 0.15) is 46.3 Å². The number of rotatable bonds is 3. The van der Waals surface area contributed by atoms with Gasteiger partial charge in [0.25, 0.3) is 5.91 Å². The molecular weight excluding hydrogens is 274 g/mol. The molecule has 1 aromatic rings. The normalized spacial score (nSPS) is 29.2. The van der Waals surface area contributed by atoms with E-state index in [4.69, 9.17) is 4.74 Å². The van der Waals surface area contributed by atoms with Crippen molar-refractivity contribution in [1.82, 2.24) is 5.32 Å². The molecule has 1 saturated heterocycles. The monoisotopic (exact) mass is 295 g/mol. The Morgan fingerprint density at radius 1 is 1.55 bits per heavy atom. The quantitative estimate of drug-likeness (QED) is 0.895. The fraction of sp³-hybridized carbons (Fsp3) is 0.667. The van der Waals surface area contributed by atoms with Crippen molar-refractivity contribution in [3.8, 4) is 0 Å². The van der Waals surface area contributed by atoms with Crippen molar-refractivity contribution < 1.29 is 14.6 Å². The summed E-state index contributed by atoms with van der Waals surface area (Å²) in [5.41, 5.74) is 0.412. The molecule has 2 heterocycles. The predicted molar refractivity (Wildman–Crippen MR) is 78.3 cm³/mol. The molecule has 2 atom stereocenters. The van der Waals surface area contributed by atoms with E-state index in [2.05, 4.69) is 5.32 Å². The van der Waals surface area contributed by atoms with Crippen molar-refractivity contribution in [3.63, 3.8) is 0 Å². The fourth-order valence-corrected chi connectivity index (χ4v) is 4.10. The number of carbonyl (C=O) groups is 1.